The normalized spacial score (nSPS) is 28.1. The van der Waals surface area contributed by atoms with Gasteiger partial charge in [-0.3, -0.25) is 4.79 Å². The smallest absolute Gasteiger partial charge is 0.314 e. The predicted octanol–water partition coefficient (Wildman–Crippen LogP) is 1.34. The van der Waals surface area contributed by atoms with Gasteiger partial charge >= 0.3 is 5.97 Å². The summed E-state index contributed by atoms with van der Waals surface area (Å²) < 4.78 is 0. The van der Waals surface area contributed by atoms with E-state index in [-0.39, 0.29) is 36.8 Å². The lowest BCUT2D eigenvalue weighted by atomic mass is 9.51. The third-order valence-electron chi connectivity index (χ3n) is 8.37. The number of aliphatic hydroxyl groups excluding tert-OH is 4. The highest BCUT2D eigenvalue weighted by Gasteiger charge is 2.53. The number of hydrogen-bond donors (Lipinski definition) is 5. The van der Waals surface area contributed by atoms with Crippen molar-refractivity contribution in [3.05, 3.63) is 0 Å². The quantitative estimate of drug-likeness (QED) is 0.193. The van der Waals surface area contributed by atoms with Crippen molar-refractivity contribution in [2.45, 2.75) is 88.8 Å². The summed E-state index contributed by atoms with van der Waals surface area (Å²) >= 11 is 0. The third kappa shape index (κ3) is 6.60. The monoisotopic (exact) mass is 482 g/mol. The number of aliphatic hydroxyl groups is 4. The van der Waals surface area contributed by atoms with Crippen molar-refractivity contribution in [2.24, 2.45) is 32.7 Å². The van der Waals surface area contributed by atoms with Gasteiger partial charge in [-0.1, -0.05) is 0 Å². The first-order valence-electron chi connectivity index (χ1n) is 12.2. The lowest BCUT2D eigenvalue weighted by molar-refractivity contribution is -0.162. The Labute approximate surface area is 199 Å². The first kappa shape index (κ1) is 28.3. The molecule has 0 aliphatic heterocycles. The van der Waals surface area contributed by atoms with Crippen molar-refractivity contribution in [3.8, 4) is 0 Å². The van der Waals surface area contributed by atoms with E-state index in [1.54, 1.807) is 12.2 Å². The highest BCUT2D eigenvalue weighted by atomic mass is 16.4. The first-order chi connectivity index (χ1) is 16.3. The minimum atomic E-state index is -1.75. The molecule has 2 aliphatic carbocycles. The molecule has 0 radical (unpaired) electrons. The van der Waals surface area contributed by atoms with Gasteiger partial charge in [-0.2, -0.15) is 0 Å². The number of carboxylic acids is 1. The maximum Gasteiger partial charge on any atom is 0.314 e. The van der Waals surface area contributed by atoms with Crippen molar-refractivity contribution in [3.63, 3.8) is 0 Å². The first-order valence-corrected chi connectivity index (χ1v) is 12.2. The number of carbonyl (C=O) groups excluding carboxylic acids is 2. The van der Waals surface area contributed by atoms with E-state index in [1.165, 1.54) is 0 Å². The fourth-order valence-corrected chi connectivity index (χ4v) is 6.36. The van der Waals surface area contributed by atoms with E-state index < -0.39 is 42.7 Å². The third-order valence-corrected chi connectivity index (χ3v) is 8.37. The van der Waals surface area contributed by atoms with Crippen molar-refractivity contribution in [2.75, 3.05) is 19.8 Å². The van der Waals surface area contributed by atoms with Gasteiger partial charge < -0.3 is 25.5 Å². The fourth-order valence-electron chi connectivity index (χ4n) is 6.36. The molecule has 0 saturated heterocycles. The Bertz CT molecular complexity index is 704. The molecule has 0 bridgehead atoms. The van der Waals surface area contributed by atoms with Crippen LogP contribution in [-0.4, -0.2) is 81.7 Å². The number of carboxylic acid groups (broad SMARTS) is 1. The highest BCUT2D eigenvalue weighted by molar-refractivity contribution is 5.75. The van der Waals surface area contributed by atoms with E-state index in [0.29, 0.717) is 57.8 Å². The molecule has 0 aromatic rings. The van der Waals surface area contributed by atoms with Crippen molar-refractivity contribution in [1.82, 2.24) is 0 Å². The second-order valence-electron chi connectivity index (χ2n) is 10.1. The molecule has 1 atom stereocenters. The zero-order chi connectivity index (χ0) is 25.2. The molecule has 0 aromatic heterocycles. The van der Waals surface area contributed by atoms with E-state index in [2.05, 4.69) is 9.98 Å². The van der Waals surface area contributed by atoms with Gasteiger partial charge in [-0.25, -0.2) is 19.6 Å². The maximum absolute atomic E-state index is 12.3. The highest BCUT2D eigenvalue weighted by Crippen LogP contribution is 2.57. The summed E-state index contributed by atoms with van der Waals surface area (Å²) in [5.74, 6) is -1.24. The van der Waals surface area contributed by atoms with Crippen LogP contribution in [0.4, 0.5) is 0 Å². The number of aliphatic carboxylic acids is 1. The van der Waals surface area contributed by atoms with Gasteiger partial charge in [0, 0.05) is 0 Å². The minimum absolute atomic E-state index is 0.0180. The lowest BCUT2D eigenvalue weighted by Gasteiger charge is -2.53. The summed E-state index contributed by atoms with van der Waals surface area (Å²) in [6.45, 7) is -1.86. The molecule has 2 aliphatic rings. The van der Waals surface area contributed by atoms with Crippen molar-refractivity contribution < 1.29 is 39.9 Å². The Balaban J connectivity index is 2.49. The summed E-state index contributed by atoms with van der Waals surface area (Å²) in [5.41, 5.74) is -2.40. The van der Waals surface area contributed by atoms with E-state index in [1.807, 2.05) is 0 Å². The van der Waals surface area contributed by atoms with Gasteiger partial charge in [0.15, 0.2) is 0 Å². The number of hydrogen-bond acceptors (Lipinski definition) is 9. The number of carbonyl (C=O) groups is 1. The summed E-state index contributed by atoms with van der Waals surface area (Å²) in [5, 5.41) is 49.8. The molecule has 0 spiro atoms. The van der Waals surface area contributed by atoms with E-state index >= 15 is 0 Å². The largest absolute Gasteiger partial charge is 0.481 e. The van der Waals surface area contributed by atoms with Crippen LogP contribution in [0.3, 0.4) is 0 Å². The van der Waals surface area contributed by atoms with Crippen molar-refractivity contribution in [1.29, 1.82) is 0 Å². The average Bonchev–Trinajstić information content (AvgIpc) is 2.86. The van der Waals surface area contributed by atoms with Crippen LogP contribution < -0.4 is 0 Å². The van der Waals surface area contributed by atoms with Gasteiger partial charge in [-0.15, -0.1) is 0 Å². The van der Waals surface area contributed by atoms with E-state index in [4.69, 9.17) is 0 Å². The summed E-state index contributed by atoms with van der Waals surface area (Å²) in [7, 11) is 0. The molecule has 0 amide bonds. The molecule has 0 heterocycles. The summed E-state index contributed by atoms with van der Waals surface area (Å²) in [6, 6.07) is -0.265. The van der Waals surface area contributed by atoms with Crippen LogP contribution in [0.5, 0.6) is 0 Å². The lowest BCUT2D eigenvalue weighted by Crippen LogP contribution is -2.51. The zero-order valence-electron chi connectivity index (χ0n) is 19.6. The summed E-state index contributed by atoms with van der Waals surface area (Å²) in [6.07, 6.45) is 8.29. The Morgan fingerprint density at radius 3 is 1.62 bits per heavy atom. The molecule has 10 heteroatoms. The molecule has 0 aromatic carbocycles. The van der Waals surface area contributed by atoms with Gasteiger partial charge in [0.1, 0.15) is 5.41 Å². The second-order valence-corrected chi connectivity index (χ2v) is 10.1. The Morgan fingerprint density at radius 1 is 0.853 bits per heavy atom. The molecule has 2 rings (SSSR count). The number of rotatable bonds is 13. The SMILES string of the molecule is O=C=NC1CCC(C(CCC(O)CO)(CC(CO)(CO)C(=O)O)C2CCC(N=C=O)CC2)CC1. The van der Waals surface area contributed by atoms with Crippen molar-refractivity contribution >= 4 is 18.1 Å². The van der Waals surface area contributed by atoms with Crippen LogP contribution in [0.2, 0.25) is 0 Å². The van der Waals surface area contributed by atoms with Crippen LogP contribution in [0.15, 0.2) is 9.98 Å². The summed E-state index contributed by atoms with van der Waals surface area (Å²) in [4.78, 5) is 41.5. The number of aliphatic imine (C=N–C) groups is 2. The van der Waals surface area contributed by atoms with Gasteiger partial charge in [-0.05, 0) is 87.9 Å². The molecule has 2 fully saturated rings. The predicted molar refractivity (Wildman–Crippen MR) is 121 cm³/mol. The Hall–Kier alpha value is -1.93. The van der Waals surface area contributed by atoms with Gasteiger partial charge in [0.2, 0.25) is 12.2 Å². The van der Waals surface area contributed by atoms with Crippen LogP contribution in [0.25, 0.3) is 0 Å². The van der Waals surface area contributed by atoms with Crippen LogP contribution in [0.1, 0.15) is 70.6 Å². The van der Waals surface area contributed by atoms with Crippen LogP contribution in [-0.2, 0) is 14.4 Å². The molecule has 1 unspecified atom stereocenters. The molecule has 2 saturated carbocycles. The molecule has 192 valence electrons. The number of nitrogens with zero attached hydrogens (tertiary/aromatic N) is 2. The van der Waals surface area contributed by atoms with Crippen LogP contribution >= 0.6 is 0 Å². The average molecular weight is 483 g/mol. The second kappa shape index (κ2) is 13.2. The van der Waals surface area contributed by atoms with E-state index in [9.17, 15) is 39.9 Å². The zero-order valence-corrected chi connectivity index (χ0v) is 19.6. The molecule has 10 nitrogen and oxygen atoms in total. The standard InChI is InChI=1S/C24H38N2O8/c27-11-21(32)9-10-24(12-23(13-28,14-29)22(33)34,17-1-5-19(6-2-17)25-15-30)18-3-7-20(8-4-18)26-16-31/h17-21,27-29,32H,1-14H2,(H,33,34). The molecule has 34 heavy (non-hydrogen) atoms. The fraction of sp³-hybridized carbons (Fsp3) is 0.875. The van der Waals surface area contributed by atoms with Crippen LogP contribution in [0, 0.1) is 22.7 Å². The Kier molecular flexibility index (Phi) is 11.0. The molecular weight excluding hydrogens is 444 g/mol. The maximum atomic E-state index is 12.3. The minimum Gasteiger partial charge on any atom is -0.481 e. The topological polar surface area (TPSA) is 177 Å². The van der Waals surface area contributed by atoms with Gasteiger partial charge in [0.05, 0.1) is 38.0 Å². The molecular formula is C24H38N2O8. The Morgan fingerprint density at radius 2 is 1.29 bits per heavy atom. The number of isocyanates is 2. The van der Waals surface area contributed by atoms with Gasteiger partial charge in [0.25, 0.3) is 0 Å². The molecule has 5 N–H and O–H groups in total. The van der Waals surface area contributed by atoms with E-state index in [0.717, 1.165) is 0 Å².